The summed E-state index contributed by atoms with van der Waals surface area (Å²) in [6.07, 6.45) is -1.28. The number of alkyl halides is 3. The van der Waals surface area contributed by atoms with Gasteiger partial charge in [0.1, 0.15) is 17.2 Å². The molecule has 0 unspecified atom stereocenters. The summed E-state index contributed by atoms with van der Waals surface area (Å²) < 4.78 is 55.3. The number of amides is 1. The normalized spacial score (nSPS) is 29.2. The van der Waals surface area contributed by atoms with Crippen molar-refractivity contribution >= 4 is 17.7 Å². The molecule has 246 valence electrons. The summed E-state index contributed by atoms with van der Waals surface area (Å²) in [4.78, 5) is 28.6. The number of ether oxygens (including phenoxy) is 2. The summed E-state index contributed by atoms with van der Waals surface area (Å²) in [5.74, 6) is 0.270. The zero-order chi connectivity index (χ0) is 31.8. The quantitative estimate of drug-likeness (QED) is 0.484. The van der Waals surface area contributed by atoms with Gasteiger partial charge in [0.2, 0.25) is 5.82 Å². The molecule has 2 aromatic rings. The molecule has 6 heterocycles. The Bertz CT molecular complexity index is 1430. The third-order valence-electron chi connectivity index (χ3n) is 10.2. The summed E-state index contributed by atoms with van der Waals surface area (Å²) in [6, 6.07) is 2.30. The molecular weight excluding hydrogens is 589 g/mol. The summed E-state index contributed by atoms with van der Waals surface area (Å²) in [5, 5.41) is 4.64. The first kappa shape index (κ1) is 30.5. The van der Waals surface area contributed by atoms with Crippen LogP contribution in [0.25, 0.3) is 0 Å². The van der Waals surface area contributed by atoms with Crippen LogP contribution in [0.15, 0.2) is 12.3 Å². The van der Waals surface area contributed by atoms with E-state index in [-0.39, 0.29) is 30.3 Å². The molecule has 5 aliphatic rings. The van der Waals surface area contributed by atoms with Gasteiger partial charge in [0.15, 0.2) is 0 Å². The second-order valence-electron chi connectivity index (χ2n) is 14.3. The minimum absolute atomic E-state index is 0.0277. The molecular formula is C31H43F3N8O3. The molecule has 1 aliphatic carbocycles. The Morgan fingerprint density at radius 2 is 1.69 bits per heavy atom. The third kappa shape index (κ3) is 5.72. The highest BCUT2D eigenvalue weighted by Crippen LogP contribution is 2.53. The monoisotopic (exact) mass is 632 g/mol. The zero-order valence-corrected chi connectivity index (χ0v) is 26.6. The molecule has 1 amide bonds. The van der Waals surface area contributed by atoms with E-state index in [0.717, 1.165) is 12.8 Å². The maximum absolute atomic E-state index is 14.1. The smallest absolute Gasteiger partial charge is 0.444 e. The molecule has 1 saturated carbocycles. The molecule has 45 heavy (non-hydrogen) atoms. The number of piperidine rings is 1. The molecule has 4 saturated heterocycles. The molecule has 11 nitrogen and oxygen atoms in total. The maximum atomic E-state index is 14.1. The molecule has 0 spiro atoms. The van der Waals surface area contributed by atoms with Gasteiger partial charge >= 0.3 is 12.3 Å². The van der Waals surface area contributed by atoms with Crippen LogP contribution in [0.4, 0.5) is 29.6 Å². The van der Waals surface area contributed by atoms with E-state index in [1.54, 1.807) is 11.0 Å². The van der Waals surface area contributed by atoms with Gasteiger partial charge in [0, 0.05) is 75.1 Å². The number of carbonyl (C=O) groups excluding carboxylic acids is 1. The summed E-state index contributed by atoms with van der Waals surface area (Å²) in [6.45, 7) is 14.7. The van der Waals surface area contributed by atoms with Crippen LogP contribution in [0.1, 0.15) is 69.6 Å². The van der Waals surface area contributed by atoms with Gasteiger partial charge in [-0.3, -0.25) is 9.58 Å². The Kier molecular flexibility index (Phi) is 7.46. The lowest BCUT2D eigenvalue weighted by atomic mass is 9.90. The molecule has 7 rings (SSSR count). The van der Waals surface area contributed by atoms with E-state index >= 15 is 0 Å². The van der Waals surface area contributed by atoms with Gasteiger partial charge in [-0.15, -0.1) is 0 Å². The number of hydrogen-bond donors (Lipinski definition) is 0. The number of aryl methyl sites for hydroxylation is 1. The number of rotatable bonds is 5. The minimum atomic E-state index is -4.65. The van der Waals surface area contributed by atoms with Gasteiger partial charge in [0.25, 0.3) is 0 Å². The average Bonchev–Trinajstić information content (AvgIpc) is 3.66. The molecule has 0 radical (unpaired) electrons. The number of halogens is 3. The van der Waals surface area contributed by atoms with Gasteiger partial charge in [0.05, 0.1) is 25.5 Å². The van der Waals surface area contributed by atoms with Crippen LogP contribution in [0.3, 0.4) is 0 Å². The van der Waals surface area contributed by atoms with Gasteiger partial charge in [-0.25, -0.2) is 14.8 Å². The Hall–Kier alpha value is -3.13. The molecule has 0 N–H and O–H groups in total. The SMILES string of the molecule is Cc1cnn(C2COC2)c1[C@H]1CCN(c2cc(N3C[C@@H](N4CCN(C(=O)OC(C)(C)C)CC4)[C@H]3C)nc(C(F)(F)F)n2)[C@H]2C[C@@H]12. The Labute approximate surface area is 261 Å². The number of piperazine rings is 1. The van der Waals surface area contributed by atoms with Crippen molar-refractivity contribution in [3.05, 3.63) is 29.3 Å². The number of aromatic nitrogens is 4. The Balaban J connectivity index is 1.04. The van der Waals surface area contributed by atoms with E-state index in [0.29, 0.717) is 76.0 Å². The second-order valence-corrected chi connectivity index (χ2v) is 14.3. The van der Waals surface area contributed by atoms with Crippen molar-refractivity contribution in [2.24, 2.45) is 5.92 Å². The molecule has 2 aromatic heterocycles. The van der Waals surface area contributed by atoms with E-state index in [9.17, 15) is 18.0 Å². The van der Waals surface area contributed by atoms with Crippen LogP contribution >= 0.6 is 0 Å². The van der Waals surface area contributed by atoms with Crippen molar-refractivity contribution in [3.63, 3.8) is 0 Å². The average molecular weight is 633 g/mol. The lowest BCUT2D eigenvalue weighted by Crippen LogP contribution is -2.68. The first-order chi connectivity index (χ1) is 21.3. The maximum Gasteiger partial charge on any atom is 0.451 e. The van der Waals surface area contributed by atoms with E-state index in [2.05, 4.69) is 36.5 Å². The highest BCUT2D eigenvalue weighted by Gasteiger charge is 2.53. The first-order valence-electron chi connectivity index (χ1n) is 16.1. The zero-order valence-electron chi connectivity index (χ0n) is 26.6. The minimum Gasteiger partial charge on any atom is -0.444 e. The molecule has 14 heteroatoms. The van der Waals surface area contributed by atoms with E-state index in [1.165, 1.54) is 11.3 Å². The highest BCUT2D eigenvalue weighted by molar-refractivity contribution is 5.68. The van der Waals surface area contributed by atoms with Gasteiger partial charge < -0.3 is 24.2 Å². The molecule has 5 fully saturated rings. The summed E-state index contributed by atoms with van der Waals surface area (Å²) >= 11 is 0. The van der Waals surface area contributed by atoms with Crippen LogP contribution in [-0.4, -0.2) is 112 Å². The standard InChI is InChI=1S/C31H43F3N8O3/c1-18-14-35-42(20-16-44-17-20)27(18)21-6-7-40(23-12-22(21)23)25-13-26(37-28(36-25)31(32,33)34)41-15-24(19(41)2)38-8-10-39(11-9-38)29(43)45-30(3,4)5/h13-14,19-24H,6-12,15-17H2,1-5H3/t19-,21+,22+,23+,24-/m1/s1. The molecule has 4 aliphatic heterocycles. The number of anilines is 2. The van der Waals surface area contributed by atoms with Crippen molar-refractivity contribution in [2.45, 2.75) is 89.3 Å². The summed E-state index contributed by atoms with van der Waals surface area (Å²) in [5.41, 5.74) is 1.87. The number of fused-ring (bicyclic) bond motifs is 1. The largest absolute Gasteiger partial charge is 0.451 e. The Morgan fingerprint density at radius 1 is 1.00 bits per heavy atom. The van der Waals surface area contributed by atoms with Crippen molar-refractivity contribution in [1.82, 2.24) is 29.5 Å². The van der Waals surface area contributed by atoms with E-state index in [1.807, 2.05) is 38.8 Å². The fraction of sp³-hybridized carbons (Fsp3) is 0.742. The van der Waals surface area contributed by atoms with Crippen LogP contribution in [0.2, 0.25) is 0 Å². The fourth-order valence-corrected chi connectivity index (χ4v) is 7.57. The second kappa shape index (κ2) is 11.0. The lowest BCUT2D eigenvalue weighted by Gasteiger charge is -2.53. The molecule has 5 atom stereocenters. The predicted octanol–water partition coefficient (Wildman–Crippen LogP) is 4.08. The van der Waals surface area contributed by atoms with Crippen LogP contribution < -0.4 is 9.80 Å². The summed E-state index contributed by atoms with van der Waals surface area (Å²) in [7, 11) is 0. The van der Waals surface area contributed by atoms with Gasteiger partial charge in [-0.2, -0.15) is 18.3 Å². The predicted molar refractivity (Wildman–Crippen MR) is 160 cm³/mol. The first-order valence-corrected chi connectivity index (χ1v) is 16.1. The van der Waals surface area contributed by atoms with Gasteiger partial charge in [-0.1, -0.05) is 0 Å². The Morgan fingerprint density at radius 3 is 2.29 bits per heavy atom. The topological polar surface area (TPSA) is 92.1 Å². The molecule has 0 aromatic carbocycles. The van der Waals surface area contributed by atoms with E-state index < -0.39 is 17.6 Å². The van der Waals surface area contributed by atoms with E-state index in [4.69, 9.17) is 9.47 Å². The van der Waals surface area contributed by atoms with Crippen molar-refractivity contribution in [3.8, 4) is 0 Å². The fourth-order valence-electron chi connectivity index (χ4n) is 7.57. The van der Waals surface area contributed by atoms with Crippen LogP contribution in [0.5, 0.6) is 0 Å². The highest BCUT2D eigenvalue weighted by atomic mass is 19.4. The van der Waals surface area contributed by atoms with Gasteiger partial charge in [-0.05, 0) is 58.9 Å². The number of hydrogen-bond acceptors (Lipinski definition) is 9. The lowest BCUT2D eigenvalue weighted by molar-refractivity contribution is -0.144. The number of carbonyl (C=O) groups is 1. The van der Waals surface area contributed by atoms with Crippen LogP contribution in [-0.2, 0) is 15.7 Å². The number of nitrogens with zero attached hydrogens (tertiary/aromatic N) is 8. The van der Waals surface area contributed by atoms with Crippen LogP contribution in [0, 0.1) is 12.8 Å². The van der Waals surface area contributed by atoms with Crippen molar-refractivity contribution in [2.75, 3.05) is 62.3 Å². The molecule has 0 bridgehead atoms. The van der Waals surface area contributed by atoms with Crippen molar-refractivity contribution < 1.29 is 27.4 Å². The third-order valence-corrected chi connectivity index (χ3v) is 10.2. The van der Waals surface area contributed by atoms with Crippen molar-refractivity contribution in [1.29, 1.82) is 0 Å².